The molecule has 12 heavy (non-hydrogen) atoms. The Labute approximate surface area is 77.9 Å². The number of hydrogen-bond acceptors (Lipinski definition) is 1. The molecule has 0 aromatic heterocycles. The van der Waals surface area contributed by atoms with Crippen LogP contribution in [-0.4, -0.2) is 18.5 Å². The highest BCUT2D eigenvalue weighted by atomic mass is 35.5. The van der Waals surface area contributed by atoms with E-state index in [9.17, 15) is 0 Å². The maximum absolute atomic E-state index is 6.02. The third-order valence-corrected chi connectivity index (χ3v) is 2.61. The van der Waals surface area contributed by atoms with Crippen molar-refractivity contribution in [1.29, 1.82) is 0 Å². The largest absolute Gasteiger partial charge is 0.370 e. The van der Waals surface area contributed by atoms with E-state index in [1.165, 1.54) is 5.69 Å². The molecule has 64 valence electrons. The first-order chi connectivity index (χ1) is 5.86. The summed E-state index contributed by atoms with van der Waals surface area (Å²) in [5.41, 5.74) is 1.29. The molecule has 0 N–H and O–H groups in total. The average molecular weight is 182 g/mol. The smallest absolute Gasteiger partial charge is 0.0528 e. The second kappa shape index (κ2) is 3.36. The SMILES string of the molecule is ClC1CCN(c2ccccc2)C1. The molecular formula is C10H12ClN. The number of para-hydroxylation sites is 1. The molecule has 1 nitrogen and oxygen atoms in total. The van der Waals surface area contributed by atoms with E-state index >= 15 is 0 Å². The Bertz CT molecular complexity index is 247. The van der Waals surface area contributed by atoms with Gasteiger partial charge in [-0.1, -0.05) is 18.2 Å². The summed E-state index contributed by atoms with van der Waals surface area (Å²) in [4.78, 5) is 2.33. The molecule has 2 heteroatoms. The number of benzene rings is 1. The fourth-order valence-electron chi connectivity index (χ4n) is 1.59. The first kappa shape index (κ1) is 7.93. The molecule has 1 aromatic carbocycles. The van der Waals surface area contributed by atoms with Crippen molar-refractivity contribution in [3.05, 3.63) is 30.3 Å². The molecule has 0 saturated carbocycles. The molecule has 1 fully saturated rings. The molecule has 0 aliphatic carbocycles. The number of rotatable bonds is 1. The predicted molar refractivity (Wildman–Crippen MR) is 52.9 cm³/mol. The zero-order valence-electron chi connectivity index (χ0n) is 6.91. The van der Waals surface area contributed by atoms with Gasteiger partial charge in [-0.15, -0.1) is 11.6 Å². The highest BCUT2D eigenvalue weighted by Crippen LogP contribution is 2.21. The van der Waals surface area contributed by atoms with Crippen molar-refractivity contribution in [2.45, 2.75) is 11.8 Å². The minimum atomic E-state index is 0.338. The van der Waals surface area contributed by atoms with Gasteiger partial charge in [0.25, 0.3) is 0 Å². The van der Waals surface area contributed by atoms with E-state index < -0.39 is 0 Å². The summed E-state index contributed by atoms with van der Waals surface area (Å²) >= 11 is 6.02. The van der Waals surface area contributed by atoms with Crippen LogP contribution in [0, 0.1) is 0 Å². The number of alkyl halides is 1. The summed E-state index contributed by atoms with van der Waals surface area (Å²) in [6, 6.07) is 10.4. The number of halogens is 1. The van der Waals surface area contributed by atoms with Crippen LogP contribution >= 0.6 is 11.6 Å². The monoisotopic (exact) mass is 181 g/mol. The van der Waals surface area contributed by atoms with E-state index in [1.807, 2.05) is 6.07 Å². The van der Waals surface area contributed by atoms with Gasteiger partial charge in [0.2, 0.25) is 0 Å². The fraction of sp³-hybridized carbons (Fsp3) is 0.400. The number of anilines is 1. The first-order valence-electron chi connectivity index (χ1n) is 4.30. The Kier molecular flexibility index (Phi) is 2.22. The van der Waals surface area contributed by atoms with Crippen LogP contribution in [-0.2, 0) is 0 Å². The quantitative estimate of drug-likeness (QED) is 0.602. The zero-order chi connectivity index (χ0) is 8.39. The van der Waals surface area contributed by atoms with Crippen LogP contribution < -0.4 is 4.90 Å². The third kappa shape index (κ3) is 1.56. The molecule has 0 bridgehead atoms. The summed E-state index contributed by atoms with van der Waals surface area (Å²) in [5.74, 6) is 0. The standard InChI is InChI=1S/C10H12ClN/c11-9-6-7-12(8-9)10-4-2-1-3-5-10/h1-5,9H,6-8H2. The van der Waals surface area contributed by atoms with Crippen LogP contribution in [0.2, 0.25) is 0 Å². The molecule has 1 heterocycles. The average Bonchev–Trinajstić information content (AvgIpc) is 2.54. The van der Waals surface area contributed by atoms with E-state index in [0.29, 0.717) is 5.38 Å². The Morgan fingerprint density at radius 2 is 2.00 bits per heavy atom. The normalized spacial score (nSPS) is 23.1. The van der Waals surface area contributed by atoms with Crippen LogP contribution in [0.1, 0.15) is 6.42 Å². The Hall–Kier alpha value is -0.690. The van der Waals surface area contributed by atoms with E-state index in [0.717, 1.165) is 19.5 Å². The van der Waals surface area contributed by atoms with Crippen LogP contribution in [0.4, 0.5) is 5.69 Å². The van der Waals surface area contributed by atoms with Crippen molar-refractivity contribution in [3.8, 4) is 0 Å². The second-order valence-corrected chi connectivity index (χ2v) is 3.78. The topological polar surface area (TPSA) is 3.24 Å². The zero-order valence-corrected chi connectivity index (χ0v) is 7.67. The Morgan fingerprint density at radius 1 is 1.25 bits per heavy atom. The highest BCUT2D eigenvalue weighted by molar-refractivity contribution is 6.21. The minimum Gasteiger partial charge on any atom is -0.370 e. The maximum atomic E-state index is 6.02. The molecule has 1 unspecified atom stereocenters. The van der Waals surface area contributed by atoms with Gasteiger partial charge in [0.1, 0.15) is 0 Å². The number of nitrogens with zero attached hydrogens (tertiary/aromatic N) is 1. The van der Waals surface area contributed by atoms with Gasteiger partial charge >= 0.3 is 0 Å². The van der Waals surface area contributed by atoms with Crippen molar-refractivity contribution in [3.63, 3.8) is 0 Å². The lowest BCUT2D eigenvalue weighted by Gasteiger charge is -2.17. The minimum absolute atomic E-state index is 0.338. The Balaban J connectivity index is 2.11. The van der Waals surface area contributed by atoms with E-state index in [2.05, 4.69) is 29.2 Å². The van der Waals surface area contributed by atoms with Gasteiger partial charge in [0.15, 0.2) is 0 Å². The van der Waals surface area contributed by atoms with Gasteiger partial charge in [0.05, 0.1) is 5.38 Å². The molecule has 1 aliphatic heterocycles. The van der Waals surface area contributed by atoms with Gasteiger partial charge < -0.3 is 4.90 Å². The summed E-state index contributed by atoms with van der Waals surface area (Å²) in [7, 11) is 0. The molecule has 2 rings (SSSR count). The van der Waals surface area contributed by atoms with Gasteiger partial charge in [-0.3, -0.25) is 0 Å². The van der Waals surface area contributed by atoms with Crippen molar-refractivity contribution >= 4 is 17.3 Å². The molecule has 0 radical (unpaired) electrons. The van der Waals surface area contributed by atoms with Crippen molar-refractivity contribution in [1.82, 2.24) is 0 Å². The summed E-state index contributed by atoms with van der Waals surface area (Å²) in [6.45, 7) is 2.09. The lowest BCUT2D eigenvalue weighted by Crippen LogP contribution is -2.19. The van der Waals surface area contributed by atoms with Gasteiger partial charge in [-0.25, -0.2) is 0 Å². The van der Waals surface area contributed by atoms with Gasteiger partial charge in [-0.05, 0) is 18.6 Å². The Morgan fingerprint density at radius 3 is 2.58 bits per heavy atom. The lowest BCUT2D eigenvalue weighted by molar-refractivity contribution is 0.958. The van der Waals surface area contributed by atoms with E-state index in [4.69, 9.17) is 11.6 Å². The highest BCUT2D eigenvalue weighted by Gasteiger charge is 2.19. The lowest BCUT2D eigenvalue weighted by atomic mass is 10.3. The predicted octanol–water partition coefficient (Wildman–Crippen LogP) is 2.50. The molecule has 0 spiro atoms. The van der Waals surface area contributed by atoms with E-state index in [-0.39, 0.29) is 0 Å². The second-order valence-electron chi connectivity index (χ2n) is 3.17. The molecule has 1 aliphatic rings. The van der Waals surface area contributed by atoms with E-state index in [1.54, 1.807) is 0 Å². The molecule has 0 amide bonds. The summed E-state index contributed by atoms with van der Waals surface area (Å²) in [5, 5.41) is 0.338. The van der Waals surface area contributed by atoms with Gasteiger partial charge in [-0.2, -0.15) is 0 Å². The van der Waals surface area contributed by atoms with Crippen LogP contribution in [0.5, 0.6) is 0 Å². The van der Waals surface area contributed by atoms with Crippen molar-refractivity contribution in [2.24, 2.45) is 0 Å². The van der Waals surface area contributed by atoms with Crippen LogP contribution in [0.25, 0.3) is 0 Å². The van der Waals surface area contributed by atoms with Crippen molar-refractivity contribution < 1.29 is 0 Å². The summed E-state index contributed by atoms with van der Waals surface area (Å²) < 4.78 is 0. The molecule has 1 saturated heterocycles. The first-order valence-corrected chi connectivity index (χ1v) is 4.74. The van der Waals surface area contributed by atoms with Crippen molar-refractivity contribution in [2.75, 3.05) is 18.0 Å². The molecule has 1 atom stereocenters. The molecular weight excluding hydrogens is 170 g/mol. The van der Waals surface area contributed by atoms with Crippen LogP contribution in [0.15, 0.2) is 30.3 Å². The number of hydrogen-bond donors (Lipinski definition) is 0. The van der Waals surface area contributed by atoms with Gasteiger partial charge in [0, 0.05) is 18.8 Å². The third-order valence-electron chi connectivity index (χ3n) is 2.25. The summed E-state index contributed by atoms with van der Waals surface area (Å²) in [6.07, 6.45) is 1.11. The van der Waals surface area contributed by atoms with Crippen LogP contribution in [0.3, 0.4) is 0 Å². The maximum Gasteiger partial charge on any atom is 0.0528 e. The molecule has 1 aromatic rings. The fourth-order valence-corrected chi connectivity index (χ4v) is 1.86.